The van der Waals surface area contributed by atoms with Crippen molar-refractivity contribution in [3.8, 4) is 0 Å². The van der Waals surface area contributed by atoms with Gasteiger partial charge in [-0.1, -0.05) is 19.1 Å². The lowest BCUT2D eigenvalue weighted by Gasteiger charge is -2.21. The van der Waals surface area contributed by atoms with Crippen molar-refractivity contribution in [2.75, 3.05) is 18.0 Å². The van der Waals surface area contributed by atoms with E-state index in [0.29, 0.717) is 5.17 Å². The summed E-state index contributed by atoms with van der Waals surface area (Å²) in [7, 11) is 0. The van der Waals surface area contributed by atoms with Crippen LogP contribution in [0.2, 0.25) is 0 Å². The molecule has 1 amide bonds. The van der Waals surface area contributed by atoms with Crippen LogP contribution in [-0.2, 0) is 4.79 Å². The maximum absolute atomic E-state index is 12.4. The summed E-state index contributed by atoms with van der Waals surface area (Å²) in [5.74, 6) is -0.291. The first-order chi connectivity index (χ1) is 12.6. The highest BCUT2D eigenvalue weighted by Gasteiger charge is 2.35. The smallest absolute Gasteiger partial charge is 0.283 e. The summed E-state index contributed by atoms with van der Waals surface area (Å²) in [6, 6.07) is 8.00. The highest BCUT2D eigenvalue weighted by Crippen LogP contribution is 2.29. The molecule has 136 valence electrons. The maximum Gasteiger partial charge on any atom is 0.283 e. The van der Waals surface area contributed by atoms with Gasteiger partial charge in [0.1, 0.15) is 5.04 Å². The van der Waals surface area contributed by atoms with Crippen molar-refractivity contribution in [1.29, 1.82) is 5.41 Å². The molecule has 6 nitrogen and oxygen atoms in total. The largest absolute Gasteiger partial charge is 0.372 e. The number of carbonyl (C=O) groups is 1. The van der Waals surface area contributed by atoms with Crippen LogP contribution in [0.3, 0.4) is 0 Å². The Labute approximate surface area is 158 Å². The fourth-order valence-electron chi connectivity index (χ4n) is 2.88. The van der Waals surface area contributed by atoms with Crippen molar-refractivity contribution in [2.45, 2.75) is 33.6 Å². The fourth-order valence-corrected chi connectivity index (χ4v) is 3.87. The van der Waals surface area contributed by atoms with Crippen LogP contribution in [-0.4, -0.2) is 40.1 Å². The van der Waals surface area contributed by atoms with Crippen molar-refractivity contribution in [1.82, 2.24) is 5.01 Å². The molecule has 2 aliphatic heterocycles. The van der Waals surface area contributed by atoms with E-state index in [1.165, 1.54) is 16.8 Å². The molecule has 2 heterocycles. The number of hydrazone groups is 1. The van der Waals surface area contributed by atoms with Crippen LogP contribution in [0.5, 0.6) is 0 Å². The molecule has 2 aliphatic rings. The van der Waals surface area contributed by atoms with Gasteiger partial charge in [0.25, 0.3) is 5.91 Å². The summed E-state index contributed by atoms with van der Waals surface area (Å²) in [6.45, 7) is 8.22. The number of fused-ring (bicyclic) bond motifs is 1. The zero-order chi connectivity index (χ0) is 18.7. The van der Waals surface area contributed by atoms with Gasteiger partial charge in [0.15, 0.2) is 5.84 Å². The number of aliphatic imine (C=N–C) groups is 1. The molecule has 0 bridgehead atoms. The van der Waals surface area contributed by atoms with Crippen LogP contribution < -0.4 is 4.90 Å². The van der Waals surface area contributed by atoms with Crippen molar-refractivity contribution >= 4 is 45.5 Å². The van der Waals surface area contributed by atoms with Crippen molar-refractivity contribution in [2.24, 2.45) is 10.1 Å². The summed E-state index contributed by atoms with van der Waals surface area (Å²) >= 11 is 1.38. The third kappa shape index (κ3) is 3.58. The third-order valence-electron chi connectivity index (χ3n) is 4.29. The second-order valence-corrected chi connectivity index (χ2v) is 7.07. The van der Waals surface area contributed by atoms with E-state index in [9.17, 15) is 4.79 Å². The Kier molecular flexibility index (Phi) is 5.56. The quantitative estimate of drug-likeness (QED) is 0.771. The number of anilines is 1. The molecule has 1 N–H and O–H groups in total. The third-order valence-corrected chi connectivity index (χ3v) is 5.26. The van der Waals surface area contributed by atoms with Gasteiger partial charge in [-0.15, -0.1) is 0 Å². The first-order valence-corrected chi connectivity index (χ1v) is 9.73. The van der Waals surface area contributed by atoms with Crippen LogP contribution in [0, 0.1) is 5.41 Å². The Balaban J connectivity index is 1.85. The fraction of sp³-hybridized carbons (Fsp3) is 0.368. The van der Waals surface area contributed by atoms with Gasteiger partial charge in [0.2, 0.25) is 5.17 Å². The van der Waals surface area contributed by atoms with E-state index in [-0.39, 0.29) is 17.3 Å². The first kappa shape index (κ1) is 18.4. The first-order valence-electron chi connectivity index (χ1n) is 8.91. The molecule has 1 aromatic carbocycles. The number of benzene rings is 1. The number of carbonyl (C=O) groups excluding carboxylic acids is 1. The van der Waals surface area contributed by atoms with E-state index in [4.69, 9.17) is 5.41 Å². The van der Waals surface area contributed by atoms with Crippen LogP contribution in [0.25, 0.3) is 6.08 Å². The Hall–Kier alpha value is -2.41. The minimum absolute atomic E-state index is 0.0893. The topological polar surface area (TPSA) is 72.1 Å². The van der Waals surface area contributed by atoms with Crippen LogP contribution >= 0.6 is 11.8 Å². The van der Waals surface area contributed by atoms with Crippen molar-refractivity contribution in [3.63, 3.8) is 0 Å². The van der Waals surface area contributed by atoms with Crippen LogP contribution in [0.15, 0.2) is 39.9 Å². The van der Waals surface area contributed by atoms with Gasteiger partial charge >= 0.3 is 0 Å². The maximum atomic E-state index is 12.4. The average Bonchev–Trinajstić information content (AvgIpc) is 3.04. The van der Waals surface area contributed by atoms with E-state index >= 15 is 0 Å². The number of nitrogens with zero attached hydrogens (tertiary/aromatic N) is 4. The predicted octanol–water partition coefficient (Wildman–Crippen LogP) is 3.95. The minimum atomic E-state index is -0.380. The van der Waals surface area contributed by atoms with E-state index in [1.807, 2.05) is 24.3 Å². The molecule has 3 rings (SSSR count). The zero-order valence-electron chi connectivity index (χ0n) is 15.3. The molecule has 0 saturated heterocycles. The summed E-state index contributed by atoms with van der Waals surface area (Å²) < 4.78 is 0. The van der Waals surface area contributed by atoms with E-state index in [2.05, 4.69) is 35.8 Å². The highest BCUT2D eigenvalue weighted by molar-refractivity contribution is 8.26. The second kappa shape index (κ2) is 7.86. The van der Waals surface area contributed by atoms with Gasteiger partial charge in [-0.2, -0.15) is 15.1 Å². The highest BCUT2D eigenvalue weighted by atomic mass is 32.2. The average molecular weight is 369 g/mol. The summed E-state index contributed by atoms with van der Waals surface area (Å²) in [5, 5.41) is 15.6. The van der Waals surface area contributed by atoms with Crippen LogP contribution in [0.4, 0.5) is 5.69 Å². The number of nitrogens with one attached hydrogen (secondary N) is 1. The molecule has 0 spiro atoms. The van der Waals surface area contributed by atoms with Gasteiger partial charge in [-0.05, 0) is 62.2 Å². The Bertz CT molecular complexity index is 806. The number of rotatable bonds is 6. The molecule has 1 aromatic rings. The molecule has 0 atom stereocenters. The molecular weight excluding hydrogens is 346 g/mol. The molecule has 0 unspecified atom stereocenters. The molecule has 26 heavy (non-hydrogen) atoms. The van der Waals surface area contributed by atoms with Gasteiger partial charge in [-0.3, -0.25) is 10.2 Å². The van der Waals surface area contributed by atoms with Crippen LogP contribution in [0.1, 0.15) is 39.2 Å². The monoisotopic (exact) mass is 369 g/mol. The lowest BCUT2D eigenvalue weighted by molar-refractivity contribution is -0.114. The van der Waals surface area contributed by atoms with E-state index in [0.717, 1.165) is 42.2 Å². The number of hydrogen-bond donors (Lipinski definition) is 1. The molecule has 0 radical (unpaired) electrons. The molecule has 0 saturated carbocycles. The second-order valence-electron chi connectivity index (χ2n) is 6.03. The molecular formula is C19H23N5OS. The normalized spacial score (nSPS) is 18.1. The zero-order valence-corrected chi connectivity index (χ0v) is 16.1. The summed E-state index contributed by atoms with van der Waals surface area (Å²) in [5.41, 5.74) is 2.29. The minimum Gasteiger partial charge on any atom is -0.372 e. The number of amides is 1. The lowest BCUT2D eigenvalue weighted by atomic mass is 10.1. The Morgan fingerprint density at radius 2 is 1.88 bits per heavy atom. The standard InChI is InChI=1S/C19H23N5OS/c1-4-7-16-22-24-17(20)15(18(25)21-19(24)26-16)12-13-8-10-14(11-9-13)23(5-2)6-3/h8-12,20H,4-7H2,1-3H3/b15-12+,20-17?. The van der Waals surface area contributed by atoms with Gasteiger partial charge in [0, 0.05) is 18.8 Å². The Morgan fingerprint density at radius 3 is 2.50 bits per heavy atom. The number of amidine groups is 2. The van der Waals surface area contributed by atoms with Crippen molar-refractivity contribution in [3.05, 3.63) is 35.4 Å². The van der Waals surface area contributed by atoms with E-state index in [1.54, 1.807) is 6.08 Å². The van der Waals surface area contributed by atoms with E-state index < -0.39 is 0 Å². The molecule has 0 aromatic heterocycles. The number of thioether (sulfide) groups is 1. The Morgan fingerprint density at radius 1 is 1.19 bits per heavy atom. The molecule has 7 heteroatoms. The summed E-state index contributed by atoms with van der Waals surface area (Å²) in [6.07, 6.45) is 3.51. The predicted molar refractivity (Wildman–Crippen MR) is 110 cm³/mol. The number of hydrogen-bond acceptors (Lipinski definition) is 5. The van der Waals surface area contributed by atoms with Crippen molar-refractivity contribution < 1.29 is 4.79 Å². The van der Waals surface area contributed by atoms with Gasteiger partial charge in [-0.25, -0.2) is 0 Å². The lowest BCUT2D eigenvalue weighted by Crippen LogP contribution is -2.35. The molecule has 0 aliphatic carbocycles. The SMILES string of the molecule is CCCC1=NN2C(=N)/C(=C\c3ccc(N(CC)CC)cc3)C(=O)N=C2S1. The van der Waals surface area contributed by atoms with Gasteiger partial charge < -0.3 is 4.90 Å². The van der Waals surface area contributed by atoms with Gasteiger partial charge in [0.05, 0.1) is 5.57 Å². The molecule has 0 fully saturated rings. The summed E-state index contributed by atoms with van der Waals surface area (Å²) in [4.78, 5) is 18.8.